The highest BCUT2D eigenvalue weighted by Crippen LogP contribution is 2.40. The van der Waals surface area contributed by atoms with Gasteiger partial charge in [0.2, 0.25) is 11.8 Å². The summed E-state index contributed by atoms with van der Waals surface area (Å²) in [5, 5.41) is 23.7. The zero-order valence-corrected chi connectivity index (χ0v) is 24.5. The molecule has 2 fully saturated rings. The van der Waals surface area contributed by atoms with E-state index in [9.17, 15) is 19.6 Å². The maximum atomic E-state index is 13.7. The van der Waals surface area contributed by atoms with Gasteiger partial charge in [-0.15, -0.1) is 11.3 Å². The van der Waals surface area contributed by atoms with Gasteiger partial charge in [-0.2, -0.15) is 15.5 Å². The molecule has 1 aromatic heterocycles. The van der Waals surface area contributed by atoms with Crippen LogP contribution in [0.25, 0.3) is 10.4 Å². The summed E-state index contributed by atoms with van der Waals surface area (Å²) in [5.74, 6) is -0.774. The first kappa shape index (κ1) is 29.3. The first-order chi connectivity index (χ1) is 19.0. The molecule has 1 aliphatic heterocycles. The van der Waals surface area contributed by atoms with E-state index in [1.165, 1.54) is 0 Å². The van der Waals surface area contributed by atoms with Gasteiger partial charge < -0.3 is 15.5 Å². The molecule has 3 atom stereocenters. The standard InChI is InChI=1S/C29H37N7O3S/c1-18-24(40-17-32-18)20-10-8-19(9-11-20)21(15-23(37)31-5)33-26(38)22-7-6-14-36(22)27(39)25(28(2,3)4)34-35-29(16-30)12-13-29/h8-11,17,21-22,25H,6-7,12-15H2,1-5H3,(H,31,37)(H,33,38). The number of likely N-dealkylation sites (tertiary alicyclic amines) is 1. The fourth-order valence-electron chi connectivity index (χ4n) is 4.83. The predicted octanol–water partition coefficient (Wildman–Crippen LogP) is 4.33. The van der Waals surface area contributed by atoms with Gasteiger partial charge in [-0.3, -0.25) is 14.4 Å². The monoisotopic (exact) mass is 563 g/mol. The summed E-state index contributed by atoms with van der Waals surface area (Å²) in [5.41, 5.74) is 3.22. The van der Waals surface area contributed by atoms with Gasteiger partial charge in [0.25, 0.3) is 5.91 Å². The van der Waals surface area contributed by atoms with Crippen molar-refractivity contribution in [1.82, 2.24) is 20.5 Å². The van der Waals surface area contributed by atoms with Gasteiger partial charge in [-0.25, -0.2) is 4.98 Å². The van der Waals surface area contributed by atoms with Gasteiger partial charge in [0.1, 0.15) is 6.04 Å². The number of nitriles is 1. The number of nitrogens with zero attached hydrogens (tertiary/aromatic N) is 5. The lowest BCUT2D eigenvalue weighted by Gasteiger charge is -2.32. The van der Waals surface area contributed by atoms with Crippen molar-refractivity contribution in [2.75, 3.05) is 13.6 Å². The summed E-state index contributed by atoms with van der Waals surface area (Å²) < 4.78 is 0. The number of carbonyl (C=O) groups excluding carboxylic acids is 3. The van der Waals surface area contributed by atoms with Crippen molar-refractivity contribution in [3.8, 4) is 16.5 Å². The van der Waals surface area contributed by atoms with Gasteiger partial charge in [-0.1, -0.05) is 45.0 Å². The number of hydrogen-bond acceptors (Lipinski definition) is 8. The summed E-state index contributed by atoms with van der Waals surface area (Å²) in [4.78, 5) is 46.7. The quantitative estimate of drug-likeness (QED) is 0.437. The second kappa shape index (κ2) is 11.8. The fraction of sp³-hybridized carbons (Fsp3) is 0.552. The highest BCUT2D eigenvalue weighted by molar-refractivity contribution is 7.13. The maximum absolute atomic E-state index is 13.7. The van der Waals surface area contributed by atoms with Crippen molar-refractivity contribution in [3.05, 3.63) is 41.0 Å². The molecule has 1 aliphatic carbocycles. The number of thiazole rings is 1. The molecule has 0 spiro atoms. The molecule has 0 radical (unpaired) electrons. The minimum Gasteiger partial charge on any atom is -0.359 e. The predicted molar refractivity (Wildman–Crippen MR) is 152 cm³/mol. The Bertz CT molecular complexity index is 1320. The third-order valence-corrected chi connectivity index (χ3v) is 8.47. The second-order valence-electron chi connectivity index (χ2n) is 11.6. The third kappa shape index (κ3) is 6.55. The lowest BCUT2D eigenvalue weighted by Crippen LogP contribution is -2.52. The molecular weight excluding hydrogens is 526 g/mol. The number of aryl methyl sites for hydroxylation is 1. The van der Waals surface area contributed by atoms with E-state index in [4.69, 9.17) is 0 Å². The molecule has 4 rings (SSSR count). The topological polar surface area (TPSA) is 140 Å². The van der Waals surface area contributed by atoms with Crippen LogP contribution in [-0.4, -0.2) is 58.8 Å². The molecule has 0 bridgehead atoms. The summed E-state index contributed by atoms with van der Waals surface area (Å²) in [7, 11) is 1.56. The van der Waals surface area contributed by atoms with Gasteiger partial charge >= 0.3 is 0 Å². The molecule has 3 amide bonds. The zero-order chi connectivity index (χ0) is 29.1. The molecule has 2 N–H and O–H groups in total. The second-order valence-corrected chi connectivity index (χ2v) is 12.5. The number of amides is 3. The Morgan fingerprint density at radius 3 is 2.50 bits per heavy atom. The van der Waals surface area contributed by atoms with Gasteiger partial charge in [0, 0.05) is 13.6 Å². The van der Waals surface area contributed by atoms with Crippen LogP contribution in [0.3, 0.4) is 0 Å². The van der Waals surface area contributed by atoms with E-state index < -0.39 is 29.1 Å². The Kier molecular flexibility index (Phi) is 8.68. The first-order valence-corrected chi connectivity index (χ1v) is 14.5. The Morgan fingerprint density at radius 1 is 1.25 bits per heavy atom. The maximum Gasteiger partial charge on any atom is 0.250 e. The minimum atomic E-state index is -0.813. The number of benzene rings is 1. The average molecular weight is 564 g/mol. The molecule has 2 heterocycles. The largest absolute Gasteiger partial charge is 0.359 e. The zero-order valence-electron chi connectivity index (χ0n) is 23.7. The normalized spacial score (nSPS) is 19.6. The van der Waals surface area contributed by atoms with Crippen molar-refractivity contribution in [2.45, 2.75) is 83.5 Å². The van der Waals surface area contributed by atoms with Crippen LogP contribution in [0, 0.1) is 23.7 Å². The summed E-state index contributed by atoms with van der Waals surface area (Å²) >= 11 is 1.56. The van der Waals surface area contributed by atoms with E-state index in [1.54, 1.807) is 28.8 Å². The van der Waals surface area contributed by atoms with Crippen molar-refractivity contribution >= 4 is 29.1 Å². The Morgan fingerprint density at radius 2 is 1.95 bits per heavy atom. The Labute approximate surface area is 239 Å². The van der Waals surface area contributed by atoms with E-state index in [0.29, 0.717) is 32.2 Å². The van der Waals surface area contributed by atoms with E-state index >= 15 is 0 Å². The van der Waals surface area contributed by atoms with Crippen LogP contribution in [0.1, 0.15) is 70.2 Å². The molecule has 40 heavy (non-hydrogen) atoms. The number of rotatable bonds is 9. The van der Waals surface area contributed by atoms with Crippen LogP contribution in [0.2, 0.25) is 0 Å². The van der Waals surface area contributed by atoms with Crippen molar-refractivity contribution in [3.63, 3.8) is 0 Å². The summed E-state index contributed by atoms with van der Waals surface area (Å²) in [6, 6.07) is 7.90. The first-order valence-electron chi connectivity index (χ1n) is 13.6. The lowest BCUT2D eigenvalue weighted by molar-refractivity contribution is -0.141. The summed E-state index contributed by atoms with van der Waals surface area (Å²) in [6.45, 7) is 8.11. The SMILES string of the molecule is CNC(=O)CC(NC(=O)C1CCCN1C(=O)C(N=NC1(C#N)CC1)C(C)(C)C)c1ccc(-c2scnc2C)cc1. The van der Waals surface area contributed by atoms with Gasteiger partial charge in [-0.05, 0) is 49.1 Å². The highest BCUT2D eigenvalue weighted by Gasteiger charge is 2.46. The average Bonchev–Trinajstić information content (AvgIpc) is 3.30. The van der Waals surface area contributed by atoms with Crippen molar-refractivity contribution in [1.29, 1.82) is 5.26 Å². The molecule has 3 unspecified atom stereocenters. The molecule has 1 saturated carbocycles. The number of aromatic nitrogens is 1. The van der Waals surface area contributed by atoms with Crippen LogP contribution >= 0.6 is 11.3 Å². The van der Waals surface area contributed by atoms with E-state index in [1.807, 2.05) is 52.0 Å². The number of azo groups is 1. The lowest BCUT2D eigenvalue weighted by atomic mass is 9.86. The van der Waals surface area contributed by atoms with Crippen LogP contribution in [-0.2, 0) is 14.4 Å². The fourth-order valence-corrected chi connectivity index (χ4v) is 5.64. The third-order valence-electron chi connectivity index (χ3n) is 7.49. The Balaban J connectivity index is 1.52. The molecule has 2 aliphatic rings. The van der Waals surface area contributed by atoms with E-state index in [-0.39, 0.29) is 24.1 Å². The van der Waals surface area contributed by atoms with E-state index in [0.717, 1.165) is 21.7 Å². The number of carbonyl (C=O) groups is 3. The van der Waals surface area contributed by atoms with E-state index in [2.05, 4.69) is 31.9 Å². The smallest absolute Gasteiger partial charge is 0.250 e. The molecule has 2 aromatic rings. The molecule has 10 nitrogen and oxygen atoms in total. The number of nitrogens with one attached hydrogen (secondary N) is 2. The summed E-state index contributed by atoms with van der Waals surface area (Å²) in [6.07, 6.45) is 2.55. The van der Waals surface area contributed by atoms with Gasteiger partial charge in [0.05, 0.1) is 34.6 Å². The molecule has 212 valence electrons. The van der Waals surface area contributed by atoms with Crippen LogP contribution in [0.5, 0.6) is 0 Å². The molecule has 1 saturated heterocycles. The molecule has 1 aromatic carbocycles. The Hall–Kier alpha value is -3.65. The van der Waals surface area contributed by atoms with Crippen LogP contribution in [0.15, 0.2) is 40.0 Å². The van der Waals surface area contributed by atoms with Crippen LogP contribution in [0.4, 0.5) is 0 Å². The molecular formula is C29H37N7O3S. The molecule has 11 heteroatoms. The van der Waals surface area contributed by atoms with Crippen molar-refractivity contribution in [2.24, 2.45) is 15.6 Å². The minimum absolute atomic E-state index is 0.0664. The van der Waals surface area contributed by atoms with Crippen molar-refractivity contribution < 1.29 is 14.4 Å². The highest BCUT2D eigenvalue weighted by atomic mass is 32.1. The van der Waals surface area contributed by atoms with Crippen LogP contribution < -0.4 is 10.6 Å². The van der Waals surface area contributed by atoms with Gasteiger partial charge in [0.15, 0.2) is 11.6 Å². The number of hydrogen-bond donors (Lipinski definition) is 2.